The average Bonchev–Trinajstić information content (AvgIpc) is 3.17. The summed E-state index contributed by atoms with van der Waals surface area (Å²) < 4.78 is 54.6. The molecule has 0 radical (unpaired) electrons. The standard InChI is InChI=1S/C18H14ClF3N2O5/c1-10(17-23-6-7-27-17)28-16-9-12(3-4-14(16)24(25)26)29-15-5-2-11(8-13(15)19)18(20,21)22/h2-5,8-10H,6-7H2,1H3. The van der Waals surface area contributed by atoms with Crippen molar-refractivity contribution in [1.82, 2.24) is 0 Å². The van der Waals surface area contributed by atoms with Gasteiger partial charge in [-0.3, -0.25) is 10.1 Å². The summed E-state index contributed by atoms with van der Waals surface area (Å²) in [5, 5.41) is 11.0. The zero-order chi connectivity index (χ0) is 21.2. The molecule has 0 bridgehead atoms. The summed E-state index contributed by atoms with van der Waals surface area (Å²) in [6.45, 7) is 2.50. The molecule has 3 rings (SSSR count). The van der Waals surface area contributed by atoms with Gasteiger partial charge in [0.1, 0.15) is 18.1 Å². The molecular weight excluding hydrogens is 417 g/mol. The van der Waals surface area contributed by atoms with Crippen molar-refractivity contribution in [3.8, 4) is 17.2 Å². The van der Waals surface area contributed by atoms with Gasteiger partial charge in [-0.1, -0.05) is 11.6 Å². The lowest BCUT2D eigenvalue weighted by Gasteiger charge is -2.15. The van der Waals surface area contributed by atoms with Crippen molar-refractivity contribution in [2.45, 2.75) is 19.2 Å². The number of nitrogens with zero attached hydrogens (tertiary/aromatic N) is 2. The van der Waals surface area contributed by atoms with Crippen LogP contribution in [0, 0.1) is 10.1 Å². The number of rotatable bonds is 6. The predicted molar refractivity (Wildman–Crippen MR) is 98.0 cm³/mol. The highest BCUT2D eigenvalue weighted by atomic mass is 35.5. The first-order chi connectivity index (χ1) is 13.6. The van der Waals surface area contributed by atoms with E-state index in [1.54, 1.807) is 6.92 Å². The highest BCUT2D eigenvalue weighted by Gasteiger charge is 2.31. The van der Waals surface area contributed by atoms with Crippen LogP contribution in [-0.2, 0) is 10.9 Å². The maximum Gasteiger partial charge on any atom is 0.416 e. The van der Waals surface area contributed by atoms with E-state index in [2.05, 4.69) is 4.99 Å². The minimum Gasteiger partial charge on any atom is -0.476 e. The minimum atomic E-state index is -4.54. The molecule has 2 aromatic rings. The maximum absolute atomic E-state index is 12.7. The molecule has 0 aromatic heterocycles. The Morgan fingerprint density at radius 2 is 2.00 bits per heavy atom. The fraction of sp³-hybridized carbons (Fsp3) is 0.278. The third-order valence-electron chi connectivity index (χ3n) is 3.88. The molecule has 0 fully saturated rings. The van der Waals surface area contributed by atoms with E-state index in [1.165, 1.54) is 12.1 Å². The van der Waals surface area contributed by atoms with Crippen LogP contribution >= 0.6 is 11.6 Å². The highest BCUT2D eigenvalue weighted by molar-refractivity contribution is 6.32. The van der Waals surface area contributed by atoms with E-state index in [9.17, 15) is 23.3 Å². The molecule has 1 atom stereocenters. The summed E-state index contributed by atoms with van der Waals surface area (Å²) in [5.41, 5.74) is -1.24. The van der Waals surface area contributed by atoms with Crippen molar-refractivity contribution in [3.63, 3.8) is 0 Å². The van der Waals surface area contributed by atoms with Gasteiger partial charge in [-0.15, -0.1) is 0 Å². The van der Waals surface area contributed by atoms with Gasteiger partial charge >= 0.3 is 11.9 Å². The smallest absolute Gasteiger partial charge is 0.416 e. The van der Waals surface area contributed by atoms with E-state index in [4.69, 9.17) is 25.8 Å². The number of alkyl halides is 3. The van der Waals surface area contributed by atoms with Gasteiger partial charge in [-0.25, -0.2) is 4.99 Å². The third kappa shape index (κ3) is 4.89. The summed E-state index contributed by atoms with van der Waals surface area (Å²) in [4.78, 5) is 14.7. The average molecular weight is 431 g/mol. The maximum atomic E-state index is 12.7. The zero-order valence-corrected chi connectivity index (χ0v) is 15.7. The van der Waals surface area contributed by atoms with E-state index in [-0.39, 0.29) is 28.0 Å². The summed E-state index contributed by atoms with van der Waals surface area (Å²) in [7, 11) is 0. The fourth-order valence-electron chi connectivity index (χ4n) is 2.53. The second-order valence-corrected chi connectivity index (χ2v) is 6.37. The number of hydrogen-bond acceptors (Lipinski definition) is 6. The number of hydrogen-bond donors (Lipinski definition) is 0. The lowest BCUT2D eigenvalue weighted by Crippen LogP contribution is -2.24. The third-order valence-corrected chi connectivity index (χ3v) is 4.17. The SMILES string of the molecule is CC(Oc1cc(Oc2ccc(C(F)(F)F)cc2Cl)ccc1[N+](=O)[O-])C1=NCCO1. The van der Waals surface area contributed by atoms with Crippen molar-refractivity contribution < 1.29 is 32.3 Å². The van der Waals surface area contributed by atoms with Crippen LogP contribution in [0.3, 0.4) is 0 Å². The quantitative estimate of drug-likeness (QED) is 0.461. The second kappa shape index (κ2) is 8.16. The molecule has 0 N–H and O–H groups in total. The number of benzene rings is 2. The second-order valence-electron chi connectivity index (χ2n) is 5.96. The van der Waals surface area contributed by atoms with Gasteiger partial charge < -0.3 is 14.2 Å². The lowest BCUT2D eigenvalue weighted by atomic mass is 10.2. The Labute approximate surface area is 167 Å². The van der Waals surface area contributed by atoms with Crippen molar-refractivity contribution in [3.05, 3.63) is 57.1 Å². The summed E-state index contributed by atoms with van der Waals surface area (Å²) in [6, 6.07) is 6.31. The van der Waals surface area contributed by atoms with Crippen LogP contribution in [0.25, 0.3) is 0 Å². The van der Waals surface area contributed by atoms with Crippen LogP contribution in [0.2, 0.25) is 5.02 Å². The molecule has 1 unspecified atom stereocenters. The van der Waals surface area contributed by atoms with E-state index >= 15 is 0 Å². The summed E-state index contributed by atoms with van der Waals surface area (Å²) >= 11 is 5.88. The van der Waals surface area contributed by atoms with Crippen LogP contribution in [-0.4, -0.2) is 30.1 Å². The van der Waals surface area contributed by atoms with Crippen LogP contribution in [0.1, 0.15) is 12.5 Å². The van der Waals surface area contributed by atoms with E-state index in [1.807, 2.05) is 0 Å². The van der Waals surface area contributed by atoms with Gasteiger partial charge in [-0.05, 0) is 31.2 Å². The van der Waals surface area contributed by atoms with Crippen LogP contribution in [0.5, 0.6) is 17.2 Å². The molecule has 11 heteroatoms. The number of nitro groups is 1. The van der Waals surface area contributed by atoms with Crippen molar-refractivity contribution in [2.24, 2.45) is 4.99 Å². The summed E-state index contributed by atoms with van der Waals surface area (Å²) in [6.07, 6.45) is -5.22. The first-order valence-corrected chi connectivity index (χ1v) is 8.70. The largest absolute Gasteiger partial charge is 0.476 e. The zero-order valence-electron chi connectivity index (χ0n) is 14.9. The molecule has 0 saturated heterocycles. The van der Waals surface area contributed by atoms with Crippen LogP contribution in [0.15, 0.2) is 41.4 Å². The van der Waals surface area contributed by atoms with Gasteiger partial charge in [0.2, 0.25) is 11.6 Å². The minimum absolute atomic E-state index is 0.0454. The van der Waals surface area contributed by atoms with Crippen molar-refractivity contribution in [1.29, 1.82) is 0 Å². The molecule has 2 aromatic carbocycles. The van der Waals surface area contributed by atoms with Gasteiger partial charge in [0.15, 0.2) is 6.10 Å². The van der Waals surface area contributed by atoms with Crippen LogP contribution < -0.4 is 9.47 Å². The fourth-order valence-corrected chi connectivity index (χ4v) is 2.75. The topological polar surface area (TPSA) is 83.2 Å². The van der Waals surface area contributed by atoms with Crippen molar-refractivity contribution in [2.75, 3.05) is 13.2 Å². The van der Waals surface area contributed by atoms with Crippen LogP contribution in [0.4, 0.5) is 18.9 Å². The molecule has 154 valence electrons. The van der Waals surface area contributed by atoms with Gasteiger partial charge in [0.25, 0.3) is 0 Å². The predicted octanol–water partition coefficient (Wildman–Crippen LogP) is 5.26. The van der Waals surface area contributed by atoms with Crippen molar-refractivity contribution >= 4 is 23.2 Å². The Kier molecular flexibility index (Phi) is 5.83. The molecule has 0 aliphatic carbocycles. The van der Waals surface area contributed by atoms with Gasteiger partial charge in [0, 0.05) is 12.1 Å². The number of halogens is 4. The Hall–Kier alpha value is -3.01. The Bertz CT molecular complexity index is 965. The molecule has 1 aliphatic heterocycles. The monoisotopic (exact) mass is 430 g/mol. The molecule has 0 amide bonds. The van der Waals surface area contributed by atoms with E-state index < -0.39 is 22.8 Å². The Morgan fingerprint density at radius 3 is 2.59 bits per heavy atom. The first kappa shape index (κ1) is 20.7. The van der Waals surface area contributed by atoms with Gasteiger partial charge in [0.05, 0.1) is 22.1 Å². The molecule has 7 nitrogen and oxygen atoms in total. The summed E-state index contributed by atoms with van der Waals surface area (Å²) in [5.74, 6) is 0.252. The Balaban J connectivity index is 1.86. The van der Waals surface area contributed by atoms with E-state index in [0.29, 0.717) is 19.0 Å². The molecular formula is C18H14ClF3N2O5. The van der Waals surface area contributed by atoms with E-state index in [0.717, 1.165) is 24.3 Å². The number of nitro benzene ring substituents is 1. The first-order valence-electron chi connectivity index (χ1n) is 8.32. The lowest BCUT2D eigenvalue weighted by molar-refractivity contribution is -0.386. The molecule has 0 spiro atoms. The number of aliphatic imine (C=N–C) groups is 1. The molecule has 1 aliphatic rings. The number of ether oxygens (including phenoxy) is 3. The molecule has 1 heterocycles. The van der Waals surface area contributed by atoms with Gasteiger partial charge in [-0.2, -0.15) is 13.2 Å². The normalized spacial score (nSPS) is 14.7. The highest BCUT2D eigenvalue weighted by Crippen LogP contribution is 2.38. The molecule has 29 heavy (non-hydrogen) atoms. The molecule has 0 saturated carbocycles. The Morgan fingerprint density at radius 1 is 1.24 bits per heavy atom.